The lowest BCUT2D eigenvalue weighted by atomic mass is 9.90. The number of fused-ring (bicyclic) bond motifs is 1. The molecule has 0 aromatic heterocycles. The van der Waals surface area contributed by atoms with Crippen molar-refractivity contribution in [2.75, 3.05) is 25.1 Å². The quantitative estimate of drug-likeness (QED) is 0.623. The van der Waals surface area contributed by atoms with Gasteiger partial charge in [0.1, 0.15) is 5.75 Å². The molecule has 4 rings (SSSR count). The summed E-state index contributed by atoms with van der Waals surface area (Å²) in [5.41, 5.74) is 2.65. The first-order valence-corrected chi connectivity index (χ1v) is 9.81. The Morgan fingerprint density at radius 3 is 2.56 bits per heavy atom. The highest BCUT2D eigenvalue weighted by molar-refractivity contribution is 9.10. The van der Waals surface area contributed by atoms with Gasteiger partial charge in [-0.05, 0) is 43.3 Å². The molecule has 142 valence electrons. The predicted molar refractivity (Wildman–Crippen MR) is 112 cm³/mol. The summed E-state index contributed by atoms with van der Waals surface area (Å²) in [6.07, 6.45) is 1.80. The lowest BCUT2D eigenvalue weighted by molar-refractivity contribution is -0.120. The van der Waals surface area contributed by atoms with E-state index in [-0.39, 0.29) is 11.3 Å². The van der Waals surface area contributed by atoms with E-state index in [1.807, 2.05) is 37.3 Å². The van der Waals surface area contributed by atoms with Crippen LogP contribution in [0.4, 0.5) is 5.69 Å². The monoisotopic (exact) mass is 449 g/mol. The zero-order valence-electron chi connectivity index (χ0n) is 15.2. The molecule has 0 saturated carbocycles. The van der Waals surface area contributed by atoms with E-state index in [1.165, 1.54) is 0 Å². The Balaban J connectivity index is 0.000000156. The van der Waals surface area contributed by atoms with Crippen LogP contribution in [0.5, 0.6) is 5.75 Å². The van der Waals surface area contributed by atoms with Gasteiger partial charge in [-0.15, -0.1) is 0 Å². The van der Waals surface area contributed by atoms with Gasteiger partial charge in [0.25, 0.3) is 5.91 Å². The van der Waals surface area contributed by atoms with E-state index in [0.717, 1.165) is 41.3 Å². The van der Waals surface area contributed by atoms with Crippen LogP contribution in [0.15, 0.2) is 53.0 Å². The topological polar surface area (TPSA) is 47.6 Å². The van der Waals surface area contributed by atoms with Crippen LogP contribution in [0, 0.1) is 5.41 Å². The minimum absolute atomic E-state index is 0.0558. The maximum Gasteiger partial charge on any atom is 0.256 e. The van der Waals surface area contributed by atoms with Crippen molar-refractivity contribution in [3.05, 3.63) is 63.6 Å². The molecule has 2 aliphatic rings. The highest BCUT2D eigenvalue weighted by atomic mass is 79.9. The summed E-state index contributed by atoms with van der Waals surface area (Å²) in [4.78, 5) is 11.4. The van der Waals surface area contributed by atoms with E-state index in [0.29, 0.717) is 10.6 Å². The van der Waals surface area contributed by atoms with Crippen LogP contribution >= 0.6 is 27.5 Å². The fourth-order valence-corrected chi connectivity index (χ4v) is 3.21. The van der Waals surface area contributed by atoms with Gasteiger partial charge in [-0.2, -0.15) is 0 Å². The Kier molecular flexibility index (Phi) is 6.25. The maximum absolute atomic E-state index is 11.4. The Bertz CT molecular complexity index is 860. The molecule has 1 N–H and O–H groups in total. The van der Waals surface area contributed by atoms with Crippen LogP contribution in [-0.4, -0.2) is 25.7 Å². The molecule has 0 spiro atoms. The van der Waals surface area contributed by atoms with Crippen molar-refractivity contribution >= 4 is 44.7 Å². The number of carbonyl (C=O) groups excluding carboxylic acids is 1. The second-order valence-corrected chi connectivity index (χ2v) is 8.24. The zero-order chi connectivity index (χ0) is 19.4. The molecule has 2 heterocycles. The van der Waals surface area contributed by atoms with E-state index < -0.39 is 0 Å². The third-order valence-corrected chi connectivity index (χ3v) is 5.12. The zero-order valence-corrected chi connectivity index (χ0v) is 17.6. The van der Waals surface area contributed by atoms with Crippen molar-refractivity contribution in [3.8, 4) is 5.75 Å². The molecule has 1 fully saturated rings. The van der Waals surface area contributed by atoms with Crippen molar-refractivity contribution < 1.29 is 14.3 Å². The molecular weight excluding hydrogens is 430 g/mol. The van der Waals surface area contributed by atoms with Gasteiger partial charge in [-0.1, -0.05) is 46.6 Å². The summed E-state index contributed by atoms with van der Waals surface area (Å²) in [5, 5.41) is 3.38. The van der Waals surface area contributed by atoms with Crippen molar-refractivity contribution in [2.24, 2.45) is 5.41 Å². The number of halogens is 2. The van der Waals surface area contributed by atoms with Crippen molar-refractivity contribution in [2.45, 2.75) is 13.8 Å². The Labute approximate surface area is 172 Å². The molecule has 0 unspecified atom stereocenters. The minimum Gasteiger partial charge on any atom is -0.493 e. The number of carbonyl (C=O) groups is 1. The van der Waals surface area contributed by atoms with Crippen LogP contribution in [-0.2, 0) is 9.53 Å². The lowest BCUT2D eigenvalue weighted by Gasteiger charge is -2.37. The second-order valence-electron chi connectivity index (χ2n) is 6.89. The lowest BCUT2D eigenvalue weighted by Crippen LogP contribution is -2.44. The third-order valence-electron chi connectivity index (χ3n) is 4.36. The number of amides is 1. The molecular formula is C21H21BrClNO3. The number of allylic oxidation sites excluding steroid dienone is 1. The first-order chi connectivity index (χ1) is 12.9. The SMILES string of the molecule is C/C=C1/C(=O)Nc2cc(Cl)ccc21.CC1(COc2ccc(Br)cc2)COC1. The molecule has 0 aliphatic carbocycles. The molecule has 1 amide bonds. The van der Waals surface area contributed by atoms with Gasteiger partial charge in [0, 0.05) is 26.0 Å². The molecule has 27 heavy (non-hydrogen) atoms. The van der Waals surface area contributed by atoms with Gasteiger partial charge in [0.05, 0.1) is 25.5 Å². The Morgan fingerprint density at radius 1 is 1.26 bits per heavy atom. The molecule has 2 aliphatic heterocycles. The first kappa shape index (κ1) is 19.9. The number of rotatable bonds is 3. The summed E-state index contributed by atoms with van der Waals surface area (Å²) >= 11 is 9.18. The summed E-state index contributed by atoms with van der Waals surface area (Å²) < 4.78 is 11.9. The number of anilines is 1. The molecule has 0 radical (unpaired) electrons. The standard InChI is InChI=1S/C11H13BrO2.C10H8ClNO/c1-11(6-13-7-11)8-14-10-4-2-9(12)3-5-10;1-2-7-8-4-3-6(11)5-9(8)12-10(7)13/h2-5H,6-8H2,1H3;2-5H,1H3,(H,12,13)/b;7-2+. The van der Waals surface area contributed by atoms with E-state index in [2.05, 4.69) is 28.2 Å². The van der Waals surface area contributed by atoms with E-state index in [1.54, 1.807) is 18.2 Å². The van der Waals surface area contributed by atoms with Crippen LogP contribution in [0.2, 0.25) is 5.02 Å². The van der Waals surface area contributed by atoms with Crippen LogP contribution in [0.3, 0.4) is 0 Å². The minimum atomic E-state index is -0.0558. The van der Waals surface area contributed by atoms with Crippen LogP contribution < -0.4 is 10.1 Å². The van der Waals surface area contributed by atoms with Crippen molar-refractivity contribution in [3.63, 3.8) is 0 Å². The predicted octanol–water partition coefficient (Wildman–Crippen LogP) is 5.56. The number of benzene rings is 2. The van der Waals surface area contributed by atoms with E-state index >= 15 is 0 Å². The number of hydrogen-bond acceptors (Lipinski definition) is 3. The van der Waals surface area contributed by atoms with E-state index in [9.17, 15) is 4.79 Å². The first-order valence-electron chi connectivity index (χ1n) is 8.64. The molecule has 1 saturated heterocycles. The van der Waals surface area contributed by atoms with E-state index in [4.69, 9.17) is 21.1 Å². The Hall–Kier alpha value is -1.82. The maximum atomic E-state index is 11.4. The van der Waals surface area contributed by atoms with Gasteiger partial charge in [-0.25, -0.2) is 0 Å². The van der Waals surface area contributed by atoms with Gasteiger partial charge in [-0.3, -0.25) is 4.79 Å². The summed E-state index contributed by atoms with van der Waals surface area (Å²) in [6.45, 7) is 6.37. The normalized spacial score (nSPS) is 18.1. The molecule has 6 heteroatoms. The number of nitrogens with one attached hydrogen (secondary N) is 1. The van der Waals surface area contributed by atoms with Crippen molar-refractivity contribution in [1.82, 2.24) is 0 Å². The second kappa shape index (κ2) is 8.46. The van der Waals surface area contributed by atoms with Crippen molar-refractivity contribution in [1.29, 1.82) is 0 Å². The average molecular weight is 451 g/mol. The van der Waals surface area contributed by atoms with Gasteiger partial charge in [0.2, 0.25) is 0 Å². The summed E-state index contributed by atoms with van der Waals surface area (Å²) in [5.74, 6) is 0.862. The summed E-state index contributed by atoms with van der Waals surface area (Å²) in [7, 11) is 0. The molecule has 2 aromatic carbocycles. The van der Waals surface area contributed by atoms with Crippen LogP contribution in [0.1, 0.15) is 19.4 Å². The number of ether oxygens (including phenoxy) is 2. The Morgan fingerprint density at radius 2 is 1.96 bits per heavy atom. The molecule has 4 nitrogen and oxygen atoms in total. The average Bonchev–Trinajstić information content (AvgIpc) is 2.94. The highest BCUT2D eigenvalue weighted by Gasteiger charge is 2.34. The van der Waals surface area contributed by atoms with Gasteiger partial charge in [0.15, 0.2) is 0 Å². The fourth-order valence-electron chi connectivity index (χ4n) is 2.78. The van der Waals surface area contributed by atoms with Gasteiger partial charge >= 0.3 is 0 Å². The smallest absolute Gasteiger partial charge is 0.256 e. The third kappa shape index (κ3) is 4.92. The molecule has 0 bridgehead atoms. The molecule has 0 atom stereocenters. The fraction of sp³-hybridized carbons (Fsp3) is 0.286. The molecule has 2 aromatic rings. The van der Waals surface area contributed by atoms with Gasteiger partial charge < -0.3 is 14.8 Å². The number of hydrogen-bond donors (Lipinski definition) is 1. The largest absolute Gasteiger partial charge is 0.493 e. The highest BCUT2D eigenvalue weighted by Crippen LogP contribution is 2.33. The van der Waals surface area contributed by atoms with Crippen LogP contribution in [0.25, 0.3) is 5.57 Å². The summed E-state index contributed by atoms with van der Waals surface area (Å²) in [6, 6.07) is 13.3.